The maximum Gasteiger partial charge on any atom is 3.00 e. The predicted molar refractivity (Wildman–Crippen MR) is 184 cm³/mol. The van der Waals surface area contributed by atoms with Crippen molar-refractivity contribution >= 4 is 49.1 Å². The first-order valence-electron chi connectivity index (χ1n) is 15.6. The van der Waals surface area contributed by atoms with Gasteiger partial charge in [-0.05, 0) is 36.1 Å². The molecule has 46 heavy (non-hydrogen) atoms. The number of rotatable bonds is 5. The number of hydrogen-bond donors (Lipinski definition) is 0. The molecule has 224 valence electrons. The maximum absolute atomic E-state index is 4.32. The quantitative estimate of drug-likeness (QED) is 0.127. The fraction of sp³-hybridized carbons (Fsp3) is 0.122. The molecule has 0 aliphatic carbocycles. The van der Waals surface area contributed by atoms with E-state index in [9.17, 15) is 0 Å². The van der Waals surface area contributed by atoms with Gasteiger partial charge in [0.25, 0.3) is 0 Å². The van der Waals surface area contributed by atoms with Gasteiger partial charge in [0, 0.05) is 28.0 Å². The molecule has 0 bridgehead atoms. The number of benzene rings is 5. The van der Waals surface area contributed by atoms with E-state index in [1.165, 1.54) is 61.1 Å². The molecule has 0 unspecified atom stereocenters. The van der Waals surface area contributed by atoms with Crippen molar-refractivity contribution in [2.45, 2.75) is 33.2 Å². The largest absolute Gasteiger partial charge is 3.00 e. The van der Waals surface area contributed by atoms with Gasteiger partial charge in [0.2, 0.25) is 6.33 Å². The molecule has 0 radical (unpaired) electrons. The van der Waals surface area contributed by atoms with Crippen LogP contribution in [0, 0.1) is 25.4 Å². The van der Waals surface area contributed by atoms with Crippen molar-refractivity contribution in [3.63, 3.8) is 0 Å². The number of fused-ring (bicyclic) bond motifs is 7. The van der Waals surface area contributed by atoms with Crippen molar-refractivity contribution in [1.29, 1.82) is 0 Å². The van der Waals surface area contributed by atoms with Crippen molar-refractivity contribution in [3.05, 3.63) is 145 Å². The molecule has 5 aromatic carbocycles. The third-order valence-corrected chi connectivity index (χ3v) is 8.65. The van der Waals surface area contributed by atoms with Crippen LogP contribution in [0.15, 0.2) is 121 Å². The van der Waals surface area contributed by atoms with Gasteiger partial charge < -0.3 is 18.5 Å². The van der Waals surface area contributed by atoms with Crippen LogP contribution in [0.1, 0.15) is 25.3 Å². The molecule has 0 spiro atoms. The topological polar surface area (TPSA) is 26.1 Å². The molecule has 5 heteroatoms. The van der Waals surface area contributed by atoms with E-state index in [4.69, 9.17) is 0 Å². The number of pyridine rings is 1. The van der Waals surface area contributed by atoms with Gasteiger partial charge in [-0.2, -0.15) is 18.2 Å². The van der Waals surface area contributed by atoms with Crippen LogP contribution in [0.25, 0.3) is 66.1 Å². The van der Waals surface area contributed by atoms with E-state index < -0.39 is 0 Å². The van der Waals surface area contributed by atoms with Crippen molar-refractivity contribution in [3.8, 4) is 16.9 Å². The summed E-state index contributed by atoms with van der Waals surface area (Å²) in [5.41, 5.74) is 10.4. The summed E-state index contributed by atoms with van der Waals surface area (Å²) in [5, 5.41) is 5.17. The van der Waals surface area contributed by atoms with E-state index in [1.807, 2.05) is 43.5 Å². The van der Waals surface area contributed by atoms with E-state index in [-0.39, 0.29) is 20.1 Å². The van der Waals surface area contributed by atoms with Crippen LogP contribution in [0.5, 0.6) is 0 Å². The van der Waals surface area contributed by atoms with E-state index in [1.54, 1.807) is 0 Å². The molecule has 9 rings (SSSR count). The SMILES string of the molecule is CCCC[n+]1[c-]n(-c2[c-]cc3c(c2)c2cccc4c5ccccc5n3c24)c2ccccc21.Cc1ccc(-c2[c-]cccc2)nc1.[Ir+3]. The maximum atomic E-state index is 4.32. The molecule has 0 aliphatic rings. The molecule has 0 amide bonds. The van der Waals surface area contributed by atoms with Gasteiger partial charge in [-0.1, -0.05) is 97.3 Å². The zero-order valence-corrected chi connectivity index (χ0v) is 28.2. The Kier molecular flexibility index (Phi) is 8.12. The molecule has 0 saturated carbocycles. The van der Waals surface area contributed by atoms with Gasteiger partial charge in [0.1, 0.15) is 0 Å². The Morgan fingerprint density at radius 3 is 2.28 bits per heavy atom. The van der Waals surface area contributed by atoms with Crippen molar-refractivity contribution < 1.29 is 24.7 Å². The molecule has 4 heterocycles. The average Bonchev–Trinajstić information content (AvgIpc) is 3.75. The molecule has 4 aromatic heterocycles. The van der Waals surface area contributed by atoms with E-state index in [0.717, 1.165) is 29.9 Å². The first-order valence-corrected chi connectivity index (χ1v) is 15.6. The second-order valence-corrected chi connectivity index (χ2v) is 11.6. The fourth-order valence-electron chi connectivity index (χ4n) is 6.45. The zero-order valence-electron chi connectivity index (χ0n) is 25.8. The zero-order chi connectivity index (χ0) is 30.3. The van der Waals surface area contributed by atoms with Gasteiger partial charge >= 0.3 is 20.1 Å². The summed E-state index contributed by atoms with van der Waals surface area (Å²) in [4.78, 5) is 4.32. The van der Waals surface area contributed by atoms with Gasteiger partial charge in [-0.3, -0.25) is 0 Å². The summed E-state index contributed by atoms with van der Waals surface area (Å²) in [5.74, 6) is 0. The summed E-state index contributed by atoms with van der Waals surface area (Å²) < 4.78 is 6.81. The van der Waals surface area contributed by atoms with E-state index >= 15 is 0 Å². The third kappa shape index (κ3) is 5.06. The number of imidazole rings is 1. The molecule has 0 atom stereocenters. The van der Waals surface area contributed by atoms with Gasteiger partial charge in [0.05, 0.1) is 17.6 Å². The Morgan fingerprint density at radius 1 is 0.739 bits per heavy atom. The smallest absolute Gasteiger partial charge is 0.363 e. The molecule has 9 aromatic rings. The number of para-hydroxylation sites is 4. The van der Waals surface area contributed by atoms with Crippen molar-refractivity contribution in [2.75, 3.05) is 0 Å². The second-order valence-electron chi connectivity index (χ2n) is 11.6. The normalized spacial score (nSPS) is 11.3. The summed E-state index contributed by atoms with van der Waals surface area (Å²) in [7, 11) is 0. The van der Waals surface area contributed by atoms with Crippen LogP contribution in [-0.4, -0.2) is 14.0 Å². The number of hydrogen-bond acceptors (Lipinski definition) is 1. The second kappa shape index (κ2) is 12.5. The summed E-state index contributed by atoms with van der Waals surface area (Å²) >= 11 is 0. The molecular weight excluding hydrogens is 741 g/mol. The number of aryl methyl sites for hydroxylation is 2. The van der Waals surface area contributed by atoms with Gasteiger partial charge in [-0.25, -0.2) is 0 Å². The van der Waals surface area contributed by atoms with Crippen molar-refractivity contribution in [1.82, 2.24) is 14.0 Å². The Labute approximate surface area is 282 Å². The molecule has 0 aliphatic heterocycles. The fourth-order valence-corrected chi connectivity index (χ4v) is 6.45. The summed E-state index contributed by atoms with van der Waals surface area (Å²) in [6.45, 7) is 5.24. The van der Waals surface area contributed by atoms with Crippen LogP contribution in [-0.2, 0) is 26.7 Å². The molecule has 4 nitrogen and oxygen atoms in total. The minimum atomic E-state index is 0. The monoisotopic (exact) mass is 773 g/mol. The Balaban J connectivity index is 0.000000204. The van der Waals surface area contributed by atoms with E-state index in [2.05, 4.69) is 129 Å². The van der Waals surface area contributed by atoms with Gasteiger partial charge in [0.15, 0.2) is 0 Å². The molecule has 0 fully saturated rings. The average molecular weight is 773 g/mol. The van der Waals surface area contributed by atoms with Crippen LogP contribution < -0.4 is 4.57 Å². The number of nitrogens with zero attached hydrogens (tertiary/aromatic N) is 4. The van der Waals surface area contributed by atoms with Gasteiger partial charge in [-0.15, -0.1) is 41.3 Å². The third-order valence-electron chi connectivity index (χ3n) is 8.65. The Hall–Kier alpha value is -4.83. The standard InChI is InChI=1S/C29H22N3.C12H10N.Ir/c1-2-3-17-30-19-31(28-14-7-6-13-27(28)30)20-15-16-26-24(18-20)23-11-8-10-22-21-9-4-5-12-25(21)32(26)29(22)23;1-10-7-8-12(13-9-10)11-5-3-2-4-6-11;/h4-14,16,18H,2-3,17H2,1H3;2-5,7-9H,1H3;/q2*-1;+3. The summed E-state index contributed by atoms with van der Waals surface area (Å²) in [6.07, 6.45) is 7.78. The summed E-state index contributed by atoms with van der Waals surface area (Å²) in [6, 6.07) is 47.0. The van der Waals surface area contributed by atoms with Crippen LogP contribution in [0.4, 0.5) is 0 Å². The minimum Gasteiger partial charge on any atom is -0.363 e. The van der Waals surface area contributed by atoms with Crippen LogP contribution in [0.2, 0.25) is 0 Å². The first kappa shape index (κ1) is 29.9. The number of aromatic nitrogens is 4. The first-order chi connectivity index (χ1) is 22.2. The molecule has 0 N–H and O–H groups in total. The van der Waals surface area contributed by atoms with E-state index in [0.29, 0.717) is 0 Å². The molecular formula is C41H32IrN4+. The molecule has 0 saturated heterocycles. The van der Waals surface area contributed by atoms with Crippen molar-refractivity contribution in [2.24, 2.45) is 0 Å². The van der Waals surface area contributed by atoms with Crippen LogP contribution in [0.3, 0.4) is 0 Å². The predicted octanol–water partition coefficient (Wildman–Crippen LogP) is 9.32. The van der Waals surface area contributed by atoms with Crippen LogP contribution >= 0.6 is 0 Å². The Morgan fingerprint density at radius 2 is 1.50 bits per heavy atom. The number of unbranched alkanes of at least 4 members (excludes halogenated alkanes) is 1. The minimum absolute atomic E-state index is 0. The Bertz CT molecular complexity index is 2420.